The van der Waals surface area contributed by atoms with Crippen LogP contribution in [0.15, 0.2) is 47.8 Å². The van der Waals surface area contributed by atoms with Crippen LogP contribution in [-0.4, -0.2) is 23.2 Å². The SMILES string of the molecule is COc1cccc(-c2cc(C(=O)NCc3cccs3)[nH]n2)c1. The van der Waals surface area contributed by atoms with E-state index in [1.165, 1.54) is 0 Å². The smallest absolute Gasteiger partial charge is 0.269 e. The number of benzene rings is 1. The van der Waals surface area contributed by atoms with E-state index >= 15 is 0 Å². The van der Waals surface area contributed by atoms with Gasteiger partial charge in [0.2, 0.25) is 0 Å². The number of thiophene rings is 1. The van der Waals surface area contributed by atoms with E-state index in [2.05, 4.69) is 15.5 Å². The van der Waals surface area contributed by atoms with Crippen molar-refractivity contribution in [1.29, 1.82) is 0 Å². The molecule has 0 unspecified atom stereocenters. The van der Waals surface area contributed by atoms with Crippen molar-refractivity contribution < 1.29 is 9.53 Å². The van der Waals surface area contributed by atoms with Crippen molar-refractivity contribution >= 4 is 17.2 Å². The van der Waals surface area contributed by atoms with Crippen molar-refractivity contribution in [2.24, 2.45) is 0 Å². The van der Waals surface area contributed by atoms with Crippen LogP contribution in [0.3, 0.4) is 0 Å². The minimum Gasteiger partial charge on any atom is -0.497 e. The maximum absolute atomic E-state index is 12.1. The highest BCUT2D eigenvalue weighted by Crippen LogP contribution is 2.22. The summed E-state index contributed by atoms with van der Waals surface area (Å²) in [4.78, 5) is 13.2. The Morgan fingerprint density at radius 1 is 1.32 bits per heavy atom. The molecule has 0 aliphatic heterocycles. The predicted octanol–water partition coefficient (Wildman–Crippen LogP) is 3.08. The number of aromatic amines is 1. The van der Waals surface area contributed by atoms with Crippen molar-refractivity contribution in [3.63, 3.8) is 0 Å². The van der Waals surface area contributed by atoms with Crippen LogP contribution in [0, 0.1) is 0 Å². The molecule has 2 heterocycles. The Morgan fingerprint density at radius 2 is 2.23 bits per heavy atom. The summed E-state index contributed by atoms with van der Waals surface area (Å²) in [5.41, 5.74) is 2.04. The minimum atomic E-state index is -0.171. The zero-order valence-corrected chi connectivity index (χ0v) is 12.8. The standard InChI is InChI=1S/C16H15N3O2S/c1-21-12-5-2-4-11(8-12)14-9-15(19-18-14)16(20)17-10-13-6-3-7-22-13/h2-9H,10H2,1H3,(H,17,20)(H,18,19). The molecular formula is C16H15N3O2S. The Kier molecular flexibility index (Phi) is 4.20. The molecule has 22 heavy (non-hydrogen) atoms. The molecule has 0 saturated carbocycles. The number of nitrogens with one attached hydrogen (secondary N) is 2. The molecule has 2 aromatic heterocycles. The van der Waals surface area contributed by atoms with Gasteiger partial charge in [-0.25, -0.2) is 0 Å². The third-order valence-corrected chi connectivity index (χ3v) is 4.07. The minimum absolute atomic E-state index is 0.171. The second-order valence-corrected chi connectivity index (χ2v) is 5.69. The first-order valence-corrected chi connectivity index (χ1v) is 7.64. The van der Waals surface area contributed by atoms with Gasteiger partial charge in [-0.3, -0.25) is 9.89 Å². The van der Waals surface area contributed by atoms with E-state index in [1.807, 2.05) is 41.8 Å². The number of nitrogens with zero attached hydrogens (tertiary/aromatic N) is 1. The van der Waals surface area contributed by atoms with Gasteiger partial charge in [0.1, 0.15) is 11.4 Å². The molecule has 3 aromatic rings. The molecule has 3 rings (SSSR count). The van der Waals surface area contributed by atoms with E-state index in [0.717, 1.165) is 16.2 Å². The van der Waals surface area contributed by atoms with Crippen LogP contribution in [0.5, 0.6) is 5.75 Å². The Morgan fingerprint density at radius 3 is 3.00 bits per heavy atom. The molecule has 0 saturated heterocycles. The van der Waals surface area contributed by atoms with E-state index in [-0.39, 0.29) is 5.91 Å². The lowest BCUT2D eigenvalue weighted by Gasteiger charge is -2.01. The van der Waals surface area contributed by atoms with Crippen LogP contribution in [0.25, 0.3) is 11.3 Å². The monoisotopic (exact) mass is 313 g/mol. The zero-order valence-electron chi connectivity index (χ0n) is 12.0. The van der Waals surface area contributed by atoms with Gasteiger partial charge in [0.15, 0.2) is 0 Å². The van der Waals surface area contributed by atoms with E-state index < -0.39 is 0 Å². The number of hydrogen-bond acceptors (Lipinski definition) is 4. The number of amides is 1. The highest BCUT2D eigenvalue weighted by molar-refractivity contribution is 7.09. The van der Waals surface area contributed by atoms with Crippen molar-refractivity contribution in [2.75, 3.05) is 7.11 Å². The Balaban J connectivity index is 1.71. The topological polar surface area (TPSA) is 67.0 Å². The van der Waals surface area contributed by atoms with Gasteiger partial charge in [0, 0.05) is 10.4 Å². The summed E-state index contributed by atoms with van der Waals surface area (Å²) in [7, 11) is 1.62. The van der Waals surface area contributed by atoms with E-state index in [4.69, 9.17) is 4.74 Å². The maximum atomic E-state index is 12.1. The van der Waals surface area contributed by atoms with Gasteiger partial charge in [-0.15, -0.1) is 11.3 Å². The largest absolute Gasteiger partial charge is 0.497 e. The van der Waals surface area contributed by atoms with Gasteiger partial charge < -0.3 is 10.1 Å². The molecule has 0 aliphatic carbocycles. The molecule has 1 amide bonds. The fourth-order valence-electron chi connectivity index (χ4n) is 2.04. The number of carbonyl (C=O) groups is 1. The second-order valence-electron chi connectivity index (χ2n) is 4.66. The first kappa shape index (κ1) is 14.3. The molecule has 5 nitrogen and oxygen atoms in total. The van der Waals surface area contributed by atoms with Crippen molar-refractivity contribution in [3.8, 4) is 17.0 Å². The molecule has 112 valence electrons. The molecule has 0 spiro atoms. The molecule has 0 bridgehead atoms. The third-order valence-electron chi connectivity index (χ3n) is 3.19. The van der Waals surface area contributed by atoms with Crippen LogP contribution in [0.1, 0.15) is 15.4 Å². The van der Waals surface area contributed by atoms with Crippen LogP contribution in [0.2, 0.25) is 0 Å². The average molecular weight is 313 g/mol. The molecule has 0 radical (unpaired) electrons. The number of aromatic nitrogens is 2. The van der Waals surface area contributed by atoms with E-state index in [1.54, 1.807) is 24.5 Å². The highest BCUT2D eigenvalue weighted by atomic mass is 32.1. The Bertz CT molecular complexity index is 765. The second kappa shape index (κ2) is 6.44. The van der Waals surface area contributed by atoms with Crippen LogP contribution >= 0.6 is 11.3 Å². The highest BCUT2D eigenvalue weighted by Gasteiger charge is 2.11. The van der Waals surface area contributed by atoms with Gasteiger partial charge in [-0.05, 0) is 29.6 Å². The maximum Gasteiger partial charge on any atom is 0.269 e. The molecule has 6 heteroatoms. The van der Waals surface area contributed by atoms with Gasteiger partial charge in [0.05, 0.1) is 19.3 Å². The van der Waals surface area contributed by atoms with Gasteiger partial charge in [-0.2, -0.15) is 5.10 Å². The Labute approximate surface area is 132 Å². The molecule has 1 aromatic carbocycles. The van der Waals surface area contributed by atoms with Gasteiger partial charge in [0.25, 0.3) is 5.91 Å². The molecule has 0 atom stereocenters. The number of carbonyl (C=O) groups excluding carboxylic acids is 1. The normalized spacial score (nSPS) is 10.4. The van der Waals surface area contributed by atoms with Gasteiger partial charge in [-0.1, -0.05) is 18.2 Å². The van der Waals surface area contributed by atoms with E-state index in [0.29, 0.717) is 17.9 Å². The number of hydrogen-bond donors (Lipinski definition) is 2. The van der Waals surface area contributed by atoms with Crippen LogP contribution in [-0.2, 0) is 6.54 Å². The fraction of sp³-hybridized carbons (Fsp3) is 0.125. The van der Waals surface area contributed by atoms with Crippen LogP contribution in [0.4, 0.5) is 0 Å². The summed E-state index contributed by atoms with van der Waals surface area (Å²) in [5, 5.41) is 11.8. The zero-order chi connectivity index (χ0) is 15.4. The molecule has 2 N–H and O–H groups in total. The number of methoxy groups -OCH3 is 1. The lowest BCUT2D eigenvalue weighted by Crippen LogP contribution is -2.22. The lowest BCUT2D eigenvalue weighted by atomic mass is 10.1. The first-order valence-electron chi connectivity index (χ1n) is 6.76. The predicted molar refractivity (Wildman–Crippen MR) is 86.1 cm³/mol. The van der Waals surface area contributed by atoms with Crippen LogP contribution < -0.4 is 10.1 Å². The van der Waals surface area contributed by atoms with Gasteiger partial charge >= 0.3 is 0 Å². The first-order chi connectivity index (χ1) is 10.8. The lowest BCUT2D eigenvalue weighted by molar-refractivity contribution is 0.0946. The summed E-state index contributed by atoms with van der Waals surface area (Å²) in [6.45, 7) is 0.518. The Hall–Kier alpha value is -2.60. The van der Waals surface area contributed by atoms with E-state index in [9.17, 15) is 4.79 Å². The van der Waals surface area contributed by atoms with Crippen molar-refractivity contribution in [3.05, 3.63) is 58.4 Å². The summed E-state index contributed by atoms with van der Waals surface area (Å²) >= 11 is 1.61. The number of H-pyrrole nitrogens is 1. The average Bonchev–Trinajstić information content (AvgIpc) is 3.24. The summed E-state index contributed by atoms with van der Waals surface area (Å²) in [6.07, 6.45) is 0. The summed E-state index contributed by atoms with van der Waals surface area (Å²) in [6, 6.07) is 13.2. The van der Waals surface area contributed by atoms with Crippen molar-refractivity contribution in [2.45, 2.75) is 6.54 Å². The third kappa shape index (κ3) is 3.17. The summed E-state index contributed by atoms with van der Waals surface area (Å²) < 4.78 is 5.19. The number of rotatable bonds is 5. The quantitative estimate of drug-likeness (QED) is 0.760. The fourth-order valence-corrected chi connectivity index (χ4v) is 2.69. The number of ether oxygens (including phenoxy) is 1. The molecular weight excluding hydrogens is 298 g/mol. The molecule has 0 aliphatic rings. The van der Waals surface area contributed by atoms with Crippen molar-refractivity contribution in [1.82, 2.24) is 15.5 Å². The summed E-state index contributed by atoms with van der Waals surface area (Å²) in [5.74, 6) is 0.583. The molecule has 0 fully saturated rings.